The van der Waals surface area contributed by atoms with Crippen molar-refractivity contribution in [3.05, 3.63) is 65.2 Å². The van der Waals surface area contributed by atoms with E-state index in [1.54, 1.807) is 6.92 Å². The highest BCUT2D eigenvalue weighted by Gasteiger charge is 2.36. The van der Waals surface area contributed by atoms with Gasteiger partial charge in [-0.1, -0.05) is 42.5 Å². The number of nitrogens with one attached hydrogen (secondary N) is 2. The first-order chi connectivity index (χ1) is 14.2. The topological polar surface area (TPSA) is 53.5 Å². The summed E-state index contributed by atoms with van der Waals surface area (Å²) in [5, 5.41) is 17.3. The summed E-state index contributed by atoms with van der Waals surface area (Å²) in [5.74, 6) is -0.711. The molecule has 0 spiro atoms. The first kappa shape index (κ1) is 22.6. The maximum atomic E-state index is 13.1. The van der Waals surface area contributed by atoms with Crippen molar-refractivity contribution in [2.75, 3.05) is 19.8 Å². The summed E-state index contributed by atoms with van der Waals surface area (Å²) in [5.41, 5.74) is 0.152. The van der Waals surface area contributed by atoms with Crippen molar-refractivity contribution < 1.29 is 23.0 Å². The van der Waals surface area contributed by atoms with Crippen LogP contribution >= 0.6 is 0 Å². The molecule has 2 atom stereocenters. The first-order valence-electron chi connectivity index (χ1n) is 10.2. The van der Waals surface area contributed by atoms with E-state index in [9.17, 15) is 18.3 Å². The fraction of sp³-hybridized carbons (Fsp3) is 0.478. The van der Waals surface area contributed by atoms with E-state index >= 15 is 0 Å². The Morgan fingerprint density at radius 1 is 1.00 bits per heavy atom. The zero-order chi connectivity index (χ0) is 21.8. The van der Waals surface area contributed by atoms with Crippen molar-refractivity contribution in [1.29, 1.82) is 0 Å². The Morgan fingerprint density at radius 3 is 2.30 bits per heavy atom. The predicted octanol–water partition coefficient (Wildman–Crippen LogP) is 4.96. The number of rotatable bonds is 7. The standard InChI is InChI=1S/C23H29F3N2O2/c1-16(18-7-4-3-5-8-18)28-22(11-13-30-14-12-22)15-27-17(2)19-9-6-10-20(21(19)29)23(24,25)26/h3-10,16-17,27-29H,11-15H2,1-2H3/t16-,17-/m0/s1. The second kappa shape index (κ2) is 9.37. The van der Waals surface area contributed by atoms with E-state index in [4.69, 9.17) is 4.74 Å². The zero-order valence-corrected chi connectivity index (χ0v) is 17.3. The molecule has 0 bridgehead atoms. The van der Waals surface area contributed by atoms with Crippen molar-refractivity contribution in [2.45, 2.75) is 50.5 Å². The number of benzene rings is 2. The number of ether oxygens (including phenoxy) is 1. The molecule has 1 aliphatic rings. The number of hydrogen-bond donors (Lipinski definition) is 3. The van der Waals surface area contributed by atoms with Crippen LogP contribution in [0.2, 0.25) is 0 Å². The van der Waals surface area contributed by atoms with Crippen LogP contribution in [0, 0.1) is 0 Å². The van der Waals surface area contributed by atoms with Crippen LogP contribution in [-0.4, -0.2) is 30.4 Å². The zero-order valence-electron chi connectivity index (χ0n) is 17.3. The monoisotopic (exact) mass is 422 g/mol. The van der Waals surface area contributed by atoms with Gasteiger partial charge < -0.3 is 20.5 Å². The fourth-order valence-electron chi connectivity index (χ4n) is 4.02. The lowest BCUT2D eigenvalue weighted by molar-refractivity contribution is -0.138. The molecule has 7 heteroatoms. The SMILES string of the molecule is C[C@H](NC1(CN[C@@H](C)c2cccc(C(F)(F)F)c2O)CCOCC1)c1ccccc1. The minimum Gasteiger partial charge on any atom is -0.507 e. The van der Waals surface area contributed by atoms with E-state index in [1.165, 1.54) is 17.7 Å². The van der Waals surface area contributed by atoms with Gasteiger partial charge in [0.15, 0.2) is 0 Å². The summed E-state index contributed by atoms with van der Waals surface area (Å²) in [6.45, 7) is 5.67. The maximum Gasteiger partial charge on any atom is 0.419 e. The number of para-hydroxylation sites is 1. The molecule has 0 radical (unpaired) electrons. The second-order valence-corrected chi connectivity index (χ2v) is 8.01. The molecule has 0 saturated carbocycles. The van der Waals surface area contributed by atoms with Gasteiger partial charge in [0.1, 0.15) is 5.75 Å². The molecule has 2 aromatic carbocycles. The molecule has 0 amide bonds. The van der Waals surface area contributed by atoms with Gasteiger partial charge in [-0.05, 0) is 38.3 Å². The molecule has 0 unspecified atom stereocenters. The third-order valence-electron chi connectivity index (χ3n) is 5.86. The van der Waals surface area contributed by atoms with Crippen LogP contribution in [0.5, 0.6) is 5.75 Å². The molecule has 1 heterocycles. The van der Waals surface area contributed by atoms with Crippen LogP contribution < -0.4 is 10.6 Å². The molecule has 0 aliphatic carbocycles. The van der Waals surface area contributed by atoms with E-state index in [2.05, 4.69) is 29.7 Å². The van der Waals surface area contributed by atoms with Gasteiger partial charge in [-0.3, -0.25) is 0 Å². The normalized spacial score (nSPS) is 18.7. The van der Waals surface area contributed by atoms with E-state index in [0.717, 1.165) is 18.9 Å². The van der Waals surface area contributed by atoms with Crippen molar-refractivity contribution >= 4 is 0 Å². The Bertz CT molecular complexity index is 821. The number of phenolic OH excluding ortho intramolecular Hbond substituents is 1. The highest BCUT2D eigenvalue weighted by Crippen LogP contribution is 2.39. The van der Waals surface area contributed by atoms with E-state index < -0.39 is 23.5 Å². The third kappa shape index (κ3) is 5.33. The number of alkyl halides is 3. The van der Waals surface area contributed by atoms with Gasteiger partial charge >= 0.3 is 6.18 Å². The Labute approximate surface area is 175 Å². The summed E-state index contributed by atoms with van der Waals surface area (Å²) in [6, 6.07) is 13.5. The van der Waals surface area contributed by atoms with Crippen LogP contribution in [0.4, 0.5) is 13.2 Å². The van der Waals surface area contributed by atoms with Crippen LogP contribution in [0.15, 0.2) is 48.5 Å². The molecule has 0 aromatic heterocycles. The molecule has 1 saturated heterocycles. The molecular weight excluding hydrogens is 393 g/mol. The number of aromatic hydroxyl groups is 1. The lowest BCUT2D eigenvalue weighted by atomic mass is 9.87. The van der Waals surface area contributed by atoms with Gasteiger partial charge in [0, 0.05) is 42.9 Å². The largest absolute Gasteiger partial charge is 0.507 e. The van der Waals surface area contributed by atoms with E-state index in [1.807, 2.05) is 18.2 Å². The summed E-state index contributed by atoms with van der Waals surface area (Å²) in [4.78, 5) is 0. The molecule has 1 aliphatic heterocycles. The number of halogens is 3. The third-order valence-corrected chi connectivity index (χ3v) is 5.86. The van der Waals surface area contributed by atoms with Gasteiger partial charge in [-0.25, -0.2) is 0 Å². The fourth-order valence-corrected chi connectivity index (χ4v) is 4.02. The summed E-state index contributed by atoms with van der Waals surface area (Å²) in [6.07, 6.45) is -3.01. The average molecular weight is 422 g/mol. The predicted molar refractivity (Wildman–Crippen MR) is 110 cm³/mol. The van der Waals surface area contributed by atoms with Gasteiger partial charge in [0.2, 0.25) is 0 Å². The molecule has 3 N–H and O–H groups in total. The Kier molecular flexibility index (Phi) is 7.06. The minimum atomic E-state index is -4.59. The minimum absolute atomic E-state index is 0.114. The molecule has 3 rings (SSSR count). The lowest BCUT2D eigenvalue weighted by Crippen LogP contribution is -2.56. The highest BCUT2D eigenvalue weighted by atomic mass is 19.4. The van der Waals surface area contributed by atoms with Crippen molar-refractivity contribution in [1.82, 2.24) is 10.6 Å². The molecular formula is C23H29F3N2O2. The van der Waals surface area contributed by atoms with Gasteiger partial charge in [0.05, 0.1) is 5.56 Å². The van der Waals surface area contributed by atoms with Gasteiger partial charge in [0.25, 0.3) is 0 Å². The Morgan fingerprint density at radius 2 is 1.67 bits per heavy atom. The Balaban J connectivity index is 1.73. The average Bonchev–Trinajstić information content (AvgIpc) is 2.73. The molecule has 2 aromatic rings. The molecule has 164 valence electrons. The van der Waals surface area contributed by atoms with Crippen LogP contribution in [0.3, 0.4) is 0 Å². The summed E-state index contributed by atoms with van der Waals surface area (Å²) in [7, 11) is 0. The molecule has 30 heavy (non-hydrogen) atoms. The van der Waals surface area contributed by atoms with Crippen molar-refractivity contribution in [3.63, 3.8) is 0 Å². The first-order valence-corrected chi connectivity index (χ1v) is 10.2. The Hall–Kier alpha value is -2.09. The van der Waals surface area contributed by atoms with Crippen molar-refractivity contribution in [2.24, 2.45) is 0 Å². The number of hydrogen-bond acceptors (Lipinski definition) is 4. The van der Waals surface area contributed by atoms with Crippen LogP contribution in [-0.2, 0) is 10.9 Å². The lowest BCUT2D eigenvalue weighted by Gasteiger charge is -2.41. The summed E-state index contributed by atoms with van der Waals surface area (Å²) < 4.78 is 44.9. The highest BCUT2D eigenvalue weighted by molar-refractivity contribution is 5.43. The van der Waals surface area contributed by atoms with Gasteiger partial charge in [-0.15, -0.1) is 0 Å². The van der Waals surface area contributed by atoms with Crippen LogP contribution in [0.1, 0.15) is 55.5 Å². The van der Waals surface area contributed by atoms with E-state index in [0.29, 0.717) is 19.8 Å². The number of phenols is 1. The van der Waals surface area contributed by atoms with Crippen LogP contribution in [0.25, 0.3) is 0 Å². The second-order valence-electron chi connectivity index (χ2n) is 8.01. The van der Waals surface area contributed by atoms with E-state index in [-0.39, 0.29) is 17.1 Å². The molecule has 1 fully saturated rings. The smallest absolute Gasteiger partial charge is 0.419 e. The van der Waals surface area contributed by atoms with Crippen molar-refractivity contribution in [3.8, 4) is 5.75 Å². The maximum absolute atomic E-state index is 13.1. The quantitative estimate of drug-likeness (QED) is 0.590. The summed E-state index contributed by atoms with van der Waals surface area (Å²) >= 11 is 0. The molecule has 4 nitrogen and oxygen atoms in total. The van der Waals surface area contributed by atoms with Gasteiger partial charge in [-0.2, -0.15) is 13.2 Å².